The van der Waals surface area contributed by atoms with Crippen LogP contribution in [0.15, 0.2) is 61.1 Å². The molecule has 0 saturated carbocycles. The summed E-state index contributed by atoms with van der Waals surface area (Å²) in [5.74, 6) is 0.899. The van der Waals surface area contributed by atoms with Crippen molar-refractivity contribution in [1.29, 1.82) is 0 Å². The molecule has 8 heteroatoms. The second-order valence-corrected chi connectivity index (χ2v) is 6.85. The molecule has 0 radical (unpaired) electrons. The molecule has 8 nitrogen and oxygen atoms in total. The molecule has 0 atom stereocenters. The average Bonchev–Trinajstić information content (AvgIpc) is 2.81. The monoisotopic (exact) mass is 404 g/mol. The lowest BCUT2D eigenvalue weighted by Crippen LogP contribution is -2.47. The van der Waals surface area contributed by atoms with Crippen LogP contribution >= 0.6 is 0 Å². The van der Waals surface area contributed by atoms with Crippen LogP contribution in [0.1, 0.15) is 17.3 Å². The van der Waals surface area contributed by atoms with Crippen LogP contribution in [0.5, 0.6) is 5.88 Å². The second-order valence-electron chi connectivity index (χ2n) is 6.85. The number of amides is 1. The van der Waals surface area contributed by atoms with Gasteiger partial charge >= 0.3 is 0 Å². The minimum atomic E-state index is -0.265. The van der Waals surface area contributed by atoms with Gasteiger partial charge in [-0.25, -0.2) is 15.0 Å². The van der Waals surface area contributed by atoms with Crippen LogP contribution in [0.2, 0.25) is 0 Å². The second kappa shape index (κ2) is 9.21. The van der Waals surface area contributed by atoms with Gasteiger partial charge in [0.25, 0.3) is 5.91 Å². The molecule has 1 aliphatic heterocycles. The zero-order chi connectivity index (χ0) is 20.8. The van der Waals surface area contributed by atoms with Crippen LogP contribution in [0.4, 0.5) is 17.3 Å². The number of carbonyl (C=O) groups is 1. The van der Waals surface area contributed by atoms with Crippen LogP contribution in [-0.2, 0) is 0 Å². The van der Waals surface area contributed by atoms with Gasteiger partial charge in [-0.3, -0.25) is 4.79 Å². The van der Waals surface area contributed by atoms with Gasteiger partial charge in [0.2, 0.25) is 11.8 Å². The predicted octanol–water partition coefficient (Wildman–Crippen LogP) is 2.85. The normalized spacial score (nSPS) is 13.8. The number of piperazine rings is 1. The van der Waals surface area contributed by atoms with E-state index in [0.29, 0.717) is 29.7 Å². The van der Waals surface area contributed by atoms with Gasteiger partial charge in [0.15, 0.2) is 0 Å². The zero-order valence-electron chi connectivity index (χ0n) is 16.9. The molecule has 1 N–H and O–H groups in total. The number of pyridine rings is 1. The van der Waals surface area contributed by atoms with Crippen LogP contribution in [0, 0.1) is 0 Å². The van der Waals surface area contributed by atoms with E-state index in [1.807, 2.05) is 13.0 Å². The number of aromatic nitrogens is 3. The largest absolute Gasteiger partial charge is 0.478 e. The van der Waals surface area contributed by atoms with Crippen molar-refractivity contribution in [3.8, 4) is 5.88 Å². The first kappa shape index (κ1) is 19.6. The van der Waals surface area contributed by atoms with Crippen LogP contribution < -0.4 is 19.9 Å². The van der Waals surface area contributed by atoms with Gasteiger partial charge in [0.1, 0.15) is 0 Å². The van der Waals surface area contributed by atoms with Gasteiger partial charge in [-0.05, 0) is 25.1 Å². The Morgan fingerprint density at radius 3 is 2.27 bits per heavy atom. The summed E-state index contributed by atoms with van der Waals surface area (Å²) in [4.78, 5) is 29.9. The lowest BCUT2D eigenvalue weighted by Gasteiger charge is -2.36. The molecule has 0 bridgehead atoms. The number of ether oxygens (including phenoxy) is 1. The maximum absolute atomic E-state index is 12.4. The van der Waals surface area contributed by atoms with Crippen molar-refractivity contribution in [2.24, 2.45) is 0 Å². The first-order valence-electron chi connectivity index (χ1n) is 10.00. The molecule has 4 rings (SSSR count). The number of rotatable bonds is 6. The summed E-state index contributed by atoms with van der Waals surface area (Å²) in [6, 6.07) is 13.7. The van der Waals surface area contributed by atoms with Crippen molar-refractivity contribution in [1.82, 2.24) is 15.0 Å². The van der Waals surface area contributed by atoms with Crippen molar-refractivity contribution < 1.29 is 9.53 Å². The van der Waals surface area contributed by atoms with E-state index in [1.54, 1.807) is 24.5 Å². The molecule has 3 heterocycles. The SMILES string of the molecule is CCOc1ccc(C(=O)Nc2cnc(N3CCN(c4ccccc4)CC3)nc2)cn1. The number of hydrogen-bond acceptors (Lipinski definition) is 7. The molecule has 0 unspecified atom stereocenters. The molecule has 2 aromatic heterocycles. The molecular weight excluding hydrogens is 380 g/mol. The Balaban J connectivity index is 1.32. The topological polar surface area (TPSA) is 83.5 Å². The van der Waals surface area contributed by atoms with E-state index in [9.17, 15) is 4.79 Å². The van der Waals surface area contributed by atoms with Gasteiger partial charge in [-0.2, -0.15) is 0 Å². The van der Waals surface area contributed by atoms with E-state index in [-0.39, 0.29) is 5.91 Å². The fraction of sp³-hybridized carbons (Fsp3) is 0.273. The molecule has 30 heavy (non-hydrogen) atoms. The molecule has 1 fully saturated rings. The van der Waals surface area contributed by atoms with Crippen molar-refractivity contribution in [3.63, 3.8) is 0 Å². The summed E-state index contributed by atoms with van der Waals surface area (Å²) in [5, 5.41) is 2.80. The summed E-state index contributed by atoms with van der Waals surface area (Å²) >= 11 is 0. The molecule has 1 aliphatic rings. The Morgan fingerprint density at radius 1 is 0.933 bits per heavy atom. The number of nitrogens with zero attached hydrogens (tertiary/aromatic N) is 5. The van der Waals surface area contributed by atoms with E-state index in [4.69, 9.17) is 4.74 Å². The quantitative estimate of drug-likeness (QED) is 0.676. The number of benzene rings is 1. The third kappa shape index (κ3) is 4.65. The minimum absolute atomic E-state index is 0.265. The summed E-state index contributed by atoms with van der Waals surface area (Å²) < 4.78 is 5.29. The Kier molecular flexibility index (Phi) is 6.03. The molecule has 0 spiro atoms. The Morgan fingerprint density at radius 2 is 1.63 bits per heavy atom. The highest BCUT2D eigenvalue weighted by molar-refractivity contribution is 6.03. The van der Waals surface area contributed by atoms with Crippen molar-refractivity contribution in [3.05, 3.63) is 66.6 Å². The van der Waals surface area contributed by atoms with Crippen molar-refractivity contribution in [2.75, 3.05) is 47.9 Å². The van der Waals surface area contributed by atoms with Crippen molar-refractivity contribution in [2.45, 2.75) is 6.92 Å². The van der Waals surface area contributed by atoms with Crippen LogP contribution in [0.25, 0.3) is 0 Å². The predicted molar refractivity (Wildman–Crippen MR) is 116 cm³/mol. The fourth-order valence-corrected chi connectivity index (χ4v) is 3.30. The summed E-state index contributed by atoms with van der Waals surface area (Å²) in [6.07, 6.45) is 4.75. The standard InChI is InChI=1S/C22H24N6O2/c1-2-30-20-9-8-17(14-23-20)21(29)26-18-15-24-22(25-16-18)28-12-10-27(11-13-28)19-6-4-3-5-7-19/h3-9,14-16H,2,10-13H2,1H3,(H,26,29). The molecule has 0 aliphatic carbocycles. The Hall–Kier alpha value is -3.68. The maximum atomic E-state index is 12.4. The number of hydrogen-bond donors (Lipinski definition) is 1. The number of anilines is 3. The summed E-state index contributed by atoms with van der Waals surface area (Å²) in [7, 11) is 0. The van der Waals surface area contributed by atoms with E-state index in [1.165, 1.54) is 11.9 Å². The lowest BCUT2D eigenvalue weighted by atomic mass is 10.2. The van der Waals surface area contributed by atoms with Gasteiger partial charge in [0, 0.05) is 44.1 Å². The van der Waals surface area contributed by atoms with E-state index < -0.39 is 0 Å². The highest BCUT2D eigenvalue weighted by atomic mass is 16.5. The summed E-state index contributed by atoms with van der Waals surface area (Å²) in [6.45, 7) is 5.93. The van der Waals surface area contributed by atoms with Crippen LogP contribution in [-0.4, -0.2) is 53.6 Å². The zero-order valence-corrected chi connectivity index (χ0v) is 16.9. The van der Waals surface area contributed by atoms with Crippen LogP contribution in [0.3, 0.4) is 0 Å². The molecule has 1 aromatic carbocycles. The number of para-hydroxylation sites is 1. The molecule has 154 valence electrons. The van der Waals surface area contributed by atoms with Gasteiger partial charge < -0.3 is 19.9 Å². The fourth-order valence-electron chi connectivity index (χ4n) is 3.30. The highest BCUT2D eigenvalue weighted by Gasteiger charge is 2.19. The average molecular weight is 404 g/mol. The molecule has 3 aromatic rings. The first-order valence-corrected chi connectivity index (χ1v) is 10.00. The van der Waals surface area contributed by atoms with E-state index in [2.05, 4.69) is 54.3 Å². The smallest absolute Gasteiger partial charge is 0.257 e. The third-order valence-electron chi connectivity index (χ3n) is 4.87. The number of nitrogens with one attached hydrogen (secondary N) is 1. The Labute approximate surface area is 175 Å². The van der Waals surface area contributed by atoms with E-state index in [0.717, 1.165) is 26.2 Å². The molecular formula is C22H24N6O2. The highest BCUT2D eigenvalue weighted by Crippen LogP contribution is 2.18. The third-order valence-corrected chi connectivity index (χ3v) is 4.87. The van der Waals surface area contributed by atoms with Gasteiger partial charge in [-0.15, -0.1) is 0 Å². The maximum Gasteiger partial charge on any atom is 0.257 e. The Bertz CT molecular complexity index is 955. The lowest BCUT2D eigenvalue weighted by molar-refractivity contribution is 0.102. The first-order chi connectivity index (χ1) is 14.7. The molecule has 1 saturated heterocycles. The van der Waals surface area contributed by atoms with Gasteiger partial charge in [0.05, 0.1) is 30.3 Å². The van der Waals surface area contributed by atoms with Crippen molar-refractivity contribution >= 4 is 23.2 Å². The van der Waals surface area contributed by atoms with E-state index >= 15 is 0 Å². The van der Waals surface area contributed by atoms with Gasteiger partial charge in [-0.1, -0.05) is 18.2 Å². The minimum Gasteiger partial charge on any atom is -0.478 e. The number of carbonyl (C=O) groups excluding carboxylic acids is 1. The molecule has 1 amide bonds. The summed E-state index contributed by atoms with van der Waals surface area (Å²) in [5.41, 5.74) is 2.22.